The maximum atomic E-state index is 13.9. The summed E-state index contributed by atoms with van der Waals surface area (Å²) in [5, 5.41) is 0.529. The Kier molecular flexibility index (Phi) is 3.67. The molecule has 0 amide bonds. The molecule has 0 bridgehead atoms. The summed E-state index contributed by atoms with van der Waals surface area (Å²) in [6.07, 6.45) is 1.75. The zero-order valence-electron chi connectivity index (χ0n) is 11.4. The van der Waals surface area contributed by atoms with Crippen LogP contribution in [0.15, 0.2) is 18.3 Å². The fraction of sp³-hybridized carbons (Fsp3) is 0.286. The summed E-state index contributed by atoms with van der Waals surface area (Å²) >= 11 is 7.66. The summed E-state index contributed by atoms with van der Waals surface area (Å²) in [5.74, 6) is -0.791. The van der Waals surface area contributed by atoms with Gasteiger partial charge in [-0.05, 0) is 19.9 Å². The summed E-state index contributed by atoms with van der Waals surface area (Å²) in [6, 6.07) is 2.11. The van der Waals surface area contributed by atoms with Crippen molar-refractivity contribution in [3.8, 4) is 0 Å². The van der Waals surface area contributed by atoms with Gasteiger partial charge in [-0.3, -0.25) is 0 Å². The highest BCUT2D eigenvalue weighted by Gasteiger charge is 2.19. The molecule has 0 spiro atoms. The molecule has 3 rings (SSSR count). The molecule has 1 aromatic carbocycles. The second-order valence-electron chi connectivity index (χ2n) is 4.77. The highest BCUT2D eigenvalue weighted by atomic mass is 35.5. The van der Waals surface area contributed by atoms with E-state index < -0.39 is 17.0 Å². The van der Waals surface area contributed by atoms with Crippen LogP contribution in [0.25, 0.3) is 11.0 Å². The summed E-state index contributed by atoms with van der Waals surface area (Å²) in [5.41, 5.74) is 0.543. The number of thiazole rings is 1. The fourth-order valence-corrected chi connectivity index (χ4v) is 3.22. The van der Waals surface area contributed by atoms with Crippen LogP contribution in [0, 0.1) is 18.6 Å². The molecule has 0 saturated heterocycles. The van der Waals surface area contributed by atoms with E-state index in [9.17, 15) is 8.78 Å². The Hall–Kier alpha value is -1.53. The summed E-state index contributed by atoms with van der Waals surface area (Å²) in [7, 11) is 0. The molecule has 3 aromatic rings. The van der Waals surface area contributed by atoms with E-state index in [1.54, 1.807) is 17.7 Å². The van der Waals surface area contributed by atoms with Gasteiger partial charge in [-0.2, -0.15) is 0 Å². The summed E-state index contributed by atoms with van der Waals surface area (Å²) in [6.45, 7) is 4.10. The standard InChI is InChI=1S/C14H12ClF2N3S/c1-7(15)14-19-13-11(17)3-9(16)4-12(13)20(14)6-10-5-18-8(2)21-10/h3-5,7H,6H2,1-2H3. The minimum absolute atomic E-state index is 0.139. The van der Waals surface area contributed by atoms with E-state index in [1.165, 1.54) is 17.4 Å². The Morgan fingerprint density at radius 2 is 2.14 bits per heavy atom. The van der Waals surface area contributed by atoms with Gasteiger partial charge in [0.25, 0.3) is 0 Å². The van der Waals surface area contributed by atoms with Crippen LogP contribution in [0.3, 0.4) is 0 Å². The predicted molar refractivity (Wildman–Crippen MR) is 79.9 cm³/mol. The van der Waals surface area contributed by atoms with Gasteiger partial charge in [0.2, 0.25) is 0 Å². The van der Waals surface area contributed by atoms with Crippen molar-refractivity contribution in [3.63, 3.8) is 0 Å². The first-order valence-electron chi connectivity index (χ1n) is 6.36. The molecule has 1 unspecified atom stereocenters. The van der Waals surface area contributed by atoms with Crippen LogP contribution < -0.4 is 0 Å². The van der Waals surface area contributed by atoms with E-state index in [0.29, 0.717) is 17.9 Å². The van der Waals surface area contributed by atoms with E-state index in [1.807, 2.05) is 6.92 Å². The first kappa shape index (κ1) is 14.4. The van der Waals surface area contributed by atoms with Gasteiger partial charge in [0.05, 0.1) is 22.4 Å². The second-order valence-corrected chi connectivity index (χ2v) is 6.75. The molecule has 2 aromatic heterocycles. The molecular formula is C14H12ClF2N3S. The number of hydrogen-bond donors (Lipinski definition) is 0. The van der Waals surface area contributed by atoms with E-state index >= 15 is 0 Å². The lowest BCUT2D eigenvalue weighted by Gasteiger charge is -2.09. The smallest absolute Gasteiger partial charge is 0.153 e. The van der Waals surface area contributed by atoms with Gasteiger partial charge in [-0.25, -0.2) is 18.7 Å². The second kappa shape index (κ2) is 5.35. The van der Waals surface area contributed by atoms with E-state index in [0.717, 1.165) is 16.0 Å². The lowest BCUT2D eigenvalue weighted by molar-refractivity contribution is 0.590. The zero-order chi connectivity index (χ0) is 15.1. The number of imidazole rings is 1. The maximum Gasteiger partial charge on any atom is 0.153 e. The number of rotatable bonds is 3. The molecule has 2 heterocycles. The van der Waals surface area contributed by atoms with Gasteiger partial charge in [0.15, 0.2) is 5.82 Å². The molecule has 0 aliphatic rings. The molecule has 110 valence electrons. The van der Waals surface area contributed by atoms with Crippen LogP contribution >= 0.6 is 22.9 Å². The van der Waals surface area contributed by atoms with Crippen molar-refractivity contribution in [2.45, 2.75) is 25.8 Å². The molecular weight excluding hydrogens is 316 g/mol. The third kappa shape index (κ3) is 2.65. The Morgan fingerprint density at radius 1 is 1.38 bits per heavy atom. The van der Waals surface area contributed by atoms with Crippen molar-refractivity contribution in [2.75, 3.05) is 0 Å². The van der Waals surface area contributed by atoms with Crippen molar-refractivity contribution in [1.29, 1.82) is 0 Å². The van der Waals surface area contributed by atoms with Crippen molar-refractivity contribution in [1.82, 2.24) is 14.5 Å². The third-order valence-corrected chi connectivity index (χ3v) is 4.23. The molecule has 0 fully saturated rings. The lowest BCUT2D eigenvalue weighted by atomic mass is 10.3. The molecule has 0 saturated carbocycles. The maximum absolute atomic E-state index is 13.9. The number of benzene rings is 1. The Labute approximate surface area is 129 Å². The van der Waals surface area contributed by atoms with E-state index in [4.69, 9.17) is 11.6 Å². The normalized spacial score (nSPS) is 13.0. The van der Waals surface area contributed by atoms with Gasteiger partial charge in [0.1, 0.15) is 17.2 Å². The van der Waals surface area contributed by atoms with Crippen LogP contribution in [-0.2, 0) is 6.54 Å². The Morgan fingerprint density at radius 3 is 2.76 bits per heavy atom. The predicted octanol–water partition coefficient (Wildman–Crippen LogP) is 4.43. The van der Waals surface area contributed by atoms with Gasteiger partial charge >= 0.3 is 0 Å². The number of fused-ring (bicyclic) bond motifs is 1. The molecule has 3 nitrogen and oxygen atoms in total. The van der Waals surface area contributed by atoms with Gasteiger partial charge in [0, 0.05) is 17.1 Å². The number of aryl methyl sites for hydroxylation is 1. The Bertz CT molecular complexity index is 810. The van der Waals surface area contributed by atoms with E-state index in [-0.39, 0.29) is 5.52 Å². The quantitative estimate of drug-likeness (QED) is 0.666. The minimum Gasteiger partial charge on any atom is -0.321 e. The van der Waals surface area contributed by atoms with Gasteiger partial charge < -0.3 is 4.57 Å². The van der Waals surface area contributed by atoms with Gasteiger partial charge in [-0.15, -0.1) is 22.9 Å². The van der Waals surface area contributed by atoms with Crippen LogP contribution in [0.2, 0.25) is 0 Å². The van der Waals surface area contributed by atoms with Crippen molar-refractivity contribution >= 4 is 34.0 Å². The largest absolute Gasteiger partial charge is 0.321 e. The number of hydrogen-bond acceptors (Lipinski definition) is 3. The lowest BCUT2D eigenvalue weighted by Crippen LogP contribution is -2.04. The molecule has 7 heteroatoms. The van der Waals surface area contributed by atoms with Gasteiger partial charge in [-0.1, -0.05) is 0 Å². The average Bonchev–Trinajstić information content (AvgIpc) is 2.95. The van der Waals surface area contributed by atoms with E-state index in [2.05, 4.69) is 9.97 Å². The Balaban J connectivity index is 2.20. The number of halogens is 3. The van der Waals surface area contributed by atoms with Crippen LogP contribution in [0.4, 0.5) is 8.78 Å². The first-order valence-corrected chi connectivity index (χ1v) is 7.61. The van der Waals surface area contributed by atoms with Crippen LogP contribution in [0.5, 0.6) is 0 Å². The fourth-order valence-electron chi connectivity index (χ4n) is 2.27. The van der Waals surface area contributed by atoms with Crippen molar-refractivity contribution in [3.05, 3.63) is 45.7 Å². The zero-order valence-corrected chi connectivity index (χ0v) is 13.0. The molecule has 1 atom stereocenters. The molecule has 21 heavy (non-hydrogen) atoms. The molecule has 0 N–H and O–H groups in total. The van der Waals surface area contributed by atoms with Crippen molar-refractivity contribution < 1.29 is 8.78 Å². The monoisotopic (exact) mass is 327 g/mol. The number of nitrogens with zero attached hydrogens (tertiary/aromatic N) is 3. The topological polar surface area (TPSA) is 30.7 Å². The molecule has 0 radical (unpaired) electrons. The molecule has 0 aliphatic heterocycles. The summed E-state index contributed by atoms with van der Waals surface area (Å²) < 4.78 is 29.1. The highest BCUT2D eigenvalue weighted by molar-refractivity contribution is 7.11. The van der Waals surface area contributed by atoms with Crippen LogP contribution in [0.1, 0.15) is 28.0 Å². The summed E-state index contributed by atoms with van der Waals surface area (Å²) in [4.78, 5) is 9.40. The SMILES string of the molecule is Cc1ncc(Cn2c(C(C)Cl)nc3c(F)cc(F)cc32)s1. The van der Waals surface area contributed by atoms with Crippen molar-refractivity contribution in [2.24, 2.45) is 0 Å². The number of aromatic nitrogens is 3. The number of alkyl halides is 1. The highest BCUT2D eigenvalue weighted by Crippen LogP contribution is 2.28. The average molecular weight is 328 g/mol. The minimum atomic E-state index is -0.678. The molecule has 0 aliphatic carbocycles. The third-order valence-electron chi connectivity index (χ3n) is 3.14. The first-order chi connectivity index (χ1) is 9.95. The van der Waals surface area contributed by atoms with Crippen LogP contribution in [-0.4, -0.2) is 14.5 Å².